The van der Waals surface area contributed by atoms with Crippen molar-refractivity contribution in [3.8, 4) is 11.5 Å². The highest BCUT2D eigenvalue weighted by atomic mass is 35.5. The van der Waals surface area contributed by atoms with E-state index in [1.54, 1.807) is 12.1 Å². The van der Waals surface area contributed by atoms with E-state index in [1.807, 2.05) is 18.5 Å². The predicted octanol–water partition coefficient (Wildman–Crippen LogP) is 3.76. The quantitative estimate of drug-likeness (QED) is 0.861. The Hall–Kier alpha value is -2.21. The van der Waals surface area contributed by atoms with Crippen LogP contribution in [0.5, 0.6) is 11.5 Å². The molecule has 2 aromatic rings. The van der Waals surface area contributed by atoms with Gasteiger partial charge in [0, 0.05) is 29.9 Å². The molecule has 1 aliphatic heterocycles. The first-order valence-corrected chi connectivity index (χ1v) is 9.14. The molecule has 7 heteroatoms. The number of carbonyl (C=O) groups excluding carboxylic acids is 1. The predicted molar refractivity (Wildman–Crippen MR) is 101 cm³/mol. The van der Waals surface area contributed by atoms with Crippen LogP contribution in [-0.4, -0.2) is 28.9 Å². The molecule has 0 aliphatic carbocycles. The van der Waals surface area contributed by atoms with Crippen molar-refractivity contribution in [2.24, 2.45) is 5.92 Å². The topological polar surface area (TPSA) is 65.4 Å². The number of hydrogen-bond acceptors (Lipinski definition) is 4. The van der Waals surface area contributed by atoms with Gasteiger partial charge >= 0.3 is 0 Å². The van der Waals surface area contributed by atoms with Crippen molar-refractivity contribution in [2.45, 2.75) is 40.7 Å². The fourth-order valence-electron chi connectivity index (χ4n) is 3.03. The molecule has 0 atom stereocenters. The van der Waals surface area contributed by atoms with Gasteiger partial charge in [0.15, 0.2) is 11.5 Å². The minimum Gasteiger partial charge on any atom is -0.486 e. The van der Waals surface area contributed by atoms with E-state index in [4.69, 9.17) is 21.1 Å². The molecule has 0 fully saturated rings. The van der Waals surface area contributed by atoms with Crippen LogP contribution in [-0.2, 0) is 17.8 Å². The van der Waals surface area contributed by atoms with Gasteiger partial charge in [0.25, 0.3) is 0 Å². The van der Waals surface area contributed by atoms with Crippen molar-refractivity contribution in [3.63, 3.8) is 0 Å². The van der Waals surface area contributed by atoms with E-state index in [-0.39, 0.29) is 12.3 Å². The average Bonchev–Trinajstić information content (AvgIpc) is 2.82. The molecule has 1 N–H and O–H groups in total. The molecule has 0 unspecified atom stereocenters. The largest absolute Gasteiger partial charge is 0.486 e. The minimum atomic E-state index is -0.140. The Kier molecular flexibility index (Phi) is 5.41. The number of anilines is 1. The van der Waals surface area contributed by atoms with Gasteiger partial charge in [0.05, 0.1) is 22.8 Å². The maximum atomic E-state index is 12.6. The molecule has 0 bridgehead atoms. The van der Waals surface area contributed by atoms with Crippen LogP contribution in [0.3, 0.4) is 0 Å². The zero-order valence-corrected chi connectivity index (χ0v) is 16.3. The molecule has 0 radical (unpaired) electrons. The van der Waals surface area contributed by atoms with Crippen LogP contribution >= 0.6 is 11.6 Å². The fourth-order valence-corrected chi connectivity index (χ4v) is 3.23. The summed E-state index contributed by atoms with van der Waals surface area (Å²) in [6.45, 7) is 10.0. The number of aromatic nitrogens is 2. The number of rotatable bonds is 5. The van der Waals surface area contributed by atoms with E-state index in [0.29, 0.717) is 41.3 Å². The molecule has 1 aliphatic rings. The van der Waals surface area contributed by atoms with Gasteiger partial charge in [-0.3, -0.25) is 9.48 Å². The summed E-state index contributed by atoms with van der Waals surface area (Å²) in [5, 5.41) is 7.85. The molecular formula is C19H24ClN3O3. The summed E-state index contributed by atoms with van der Waals surface area (Å²) in [5.41, 5.74) is 3.38. The highest BCUT2D eigenvalue weighted by molar-refractivity contribution is 6.34. The van der Waals surface area contributed by atoms with Crippen LogP contribution in [0, 0.1) is 19.8 Å². The van der Waals surface area contributed by atoms with E-state index in [9.17, 15) is 4.79 Å². The van der Waals surface area contributed by atoms with Crippen molar-refractivity contribution in [1.82, 2.24) is 9.78 Å². The molecule has 3 rings (SSSR count). The van der Waals surface area contributed by atoms with Gasteiger partial charge in [-0.15, -0.1) is 0 Å². The van der Waals surface area contributed by atoms with Crippen molar-refractivity contribution in [3.05, 3.63) is 34.1 Å². The average molecular weight is 378 g/mol. The number of ether oxygens (including phenoxy) is 2. The number of hydrogen-bond donors (Lipinski definition) is 1. The maximum Gasteiger partial charge on any atom is 0.228 e. The van der Waals surface area contributed by atoms with Gasteiger partial charge in [-0.25, -0.2) is 0 Å². The molecule has 26 heavy (non-hydrogen) atoms. The lowest BCUT2D eigenvalue weighted by Gasteiger charge is -2.20. The van der Waals surface area contributed by atoms with Crippen molar-refractivity contribution < 1.29 is 14.3 Å². The van der Waals surface area contributed by atoms with E-state index < -0.39 is 0 Å². The maximum absolute atomic E-state index is 12.6. The van der Waals surface area contributed by atoms with E-state index in [1.165, 1.54) is 0 Å². The highest BCUT2D eigenvalue weighted by Gasteiger charge is 2.19. The molecule has 1 aromatic carbocycles. The van der Waals surface area contributed by atoms with E-state index in [0.717, 1.165) is 23.5 Å². The van der Waals surface area contributed by atoms with Gasteiger partial charge in [0.1, 0.15) is 13.2 Å². The summed E-state index contributed by atoms with van der Waals surface area (Å²) in [6.07, 6.45) is 0.251. The van der Waals surface area contributed by atoms with Crippen LogP contribution in [0.1, 0.15) is 30.8 Å². The Balaban J connectivity index is 1.75. The number of nitrogens with one attached hydrogen (secondary N) is 1. The number of halogens is 1. The third-order valence-corrected chi connectivity index (χ3v) is 4.63. The number of benzene rings is 1. The highest BCUT2D eigenvalue weighted by Crippen LogP contribution is 2.38. The van der Waals surface area contributed by atoms with Gasteiger partial charge in [0.2, 0.25) is 5.91 Å². The Labute approximate surface area is 158 Å². The van der Waals surface area contributed by atoms with Gasteiger partial charge < -0.3 is 14.8 Å². The van der Waals surface area contributed by atoms with Gasteiger partial charge in [-0.2, -0.15) is 5.10 Å². The van der Waals surface area contributed by atoms with Crippen LogP contribution in [0.25, 0.3) is 0 Å². The Morgan fingerprint density at radius 1 is 1.27 bits per heavy atom. The zero-order chi connectivity index (χ0) is 18.8. The second kappa shape index (κ2) is 7.58. The summed E-state index contributed by atoms with van der Waals surface area (Å²) in [4.78, 5) is 12.6. The summed E-state index contributed by atoms with van der Waals surface area (Å²) in [5.74, 6) is 1.54. The fraction of sp³-hybridized carbons (Fsp3) is 0.474. The molecule has 1 amide bonds. The third kappa shape index (κ3) is 3.96. The van der Waals surface area contributed by atoms with Gasteiger partial charge in [-0.05, 0) is 19.8 Å². The normalized spacial score (nSPS) is 13.2. The lowest BCUT2D eigenvalue weighted by Crippen LogP contribution is -2.18. The first kappa shape index (κ1) is 18.6. The zero-order valence-electron chi connectivity index (χ0n) is 15.6. The second-order valence-corrected chi connectivity index (χ2v) is 7.33. The summed E-state index contributed by atoms with van der Waals surface area (Å²) < 4.78 is 13.0. The molecule has 1 aromatic heterocycles. The second-order valence-electron chi connectivity index (χ2n) is 6.93. The lowest BCUT2D eigenvalue weighted by atomic mass is 10.1. The third-order valence-electron chi connectivity index (χ3n) is 4.31. The van der Waals surface area contributed by atoms with Crippen LogP contribution in [0.4, 0.5) is 5.69 Å². The lowest BCUT2D eigenvalue weighted by molar-refractivity contribution is -0.115. The first-order valence-electron chi connectivity index (χ1n) is 8.77. The molecule has 6 nitrogen and oxygen atoms in total. The van der Waals surface area contributed by atoms with Crippen LogP contribution in [0.2, 0.25) is 5.02 Å². The number of aryl methyl sites for hydroxylation is 1. The smallest absolute Gasteiger partial charge is 0.228 e. The van der Waals surface area contributed by atoms with Crippen molar-refractivity contribution in [2.75, 3.05) is 18.5 Å². The Morgan fingerprint density at radius 2 is 1.92 bits per heavy atom. The van der Waals surface area contributed by atoms with E-state index in [2.05, 4.69) is 24.3 Å². The SMILES string of the molecule is Cc1nn(CC(C)C)c(C)c1CC(=O)Nc1cc2c(cc1Cl)OCCO2. The number of carbonyl (C=O) groups is 1. The molecular weight excluding hydrogens is 354 g/mol. The standard InChI is InChI=1S/C19H24ClN3O3/c1-11(2)10-23-13(4)14(12(3)22-23)7-19(24)21-16-9-18-17(8-15(16)20)25-5-6-26-18/h8-9,11H,5-7,10H2,1-4H3,(H,21,24). The Morgan fingerprint density at radius 3 is 2.58 bits per heavy atom. The molecule has 0 saturated heterocycles. The van der Waals surface area contributed by atoms with Crippen LogP contribution in [0.15, 0.2) is 12.1 Å². The molecule has 0 spiro atoms. The summed E-state index contributed by atoms with van der Waals surface area (Å²) in [6, 6.07) is 3.37. The molecule has 0 saturated carbocycles. The number of nitrogens with zero attached hydrogens (tertiary/aromatic N) is 2. The summed E-state index contributed by atoms with van der Waals surface area (Å²) >= 11 is 6.27. The minimum absolute atomic E-state index is 0.140. The summed E-state index contributed by atoms with van der Waals surface area (Å²) in [7, 11) is 0. The molecule has 140 valence electrons. The Bertz CT molecular complexity index is 830. The number of amides is 1. The monoisotopic (exact) mass is 377 g/mol. The molecule has 2 heterocycles. The number of fused-ring (bicyclic) bond motifs is 1. The van der Waals surface area contributed by atoms with E-state index >= 15 is 0 Å². The first-order chi connectivity index (χ1) is 12.3. The van der Waals surface area contributed by atoms with Crippen LogP contribution < -0.4 is 14.8 Å². The van der Waals surface area contributed by atoms with Crippen molar-refractivity contribution >= 4 is 23.2 Å². The van der Waals surface area contributed by atoms with Gasteiger partial charge in [-0.1, -0.05) is 25.4 Å². The van der Waals surface area contributed by atoms with Crippen molar-refractivity contribution in [1.29, 1.82) is 0 Å².